The van der Waals surface area contributed by atoms with E-state index < -0.39 is 0 Å². The lowest BCUT2D eigenvalue weighted by atomic mass is 9.73. The molecule has 0 radical (unpaired) electrons. The van der Waals surface area contributed by atoms with Gasteiger partial charge in [0.05, 0.1) is 22.0 Å². The minimum absolute atomic E-state index is 0.0532. The van der Waals surface area contributed by atoms with Gasteiger partial charge in [-0.05, 0) is 25.7 Å². The van der Waals surface area contributed by atoms with Crippen molar-refractivity contribution >= 4 is 11.6 Å². The second kappa shape index (κ2) is 6.04. The molecular formula is C15H26ClN3O. The Morgan fingerprint density at radius 3 is 2.80 bits per heavy atom. The Kier molecular flexibility index (Phi) is 4.77. The Morgan fingerprint density at radius 1 is 1.60 bits per heavy atom. The fraction of sp³-hybridized carbons (Fsp3) is 0.800. The van der Waals surface area contributed by atoms with Crippen LogP contribution in [-0.4, -0.2) is 28.5 Å². The van der Waals surface area contributed by atoms with E-state index in [4.69, 9.17) is 22.1 Å². The second-order valence-corrected chi connectivity index (χ2v) is 6.63. The highest BCUT2D eigenvalue weighted by atomic mass is 35.5. The summed E-state index contributed by atoms with van der Waals surface area (Å²) < 4.78 is 7.71. The molecule has 114 valence electrons. The molecular weight excluding hydrogens is 274 g/mol. The van der Waals surface area contributed by atoms with E-state index in [-0.39, 0.29) is 11.6 Å². The lowest BCUT2D eigenvalue weighted by Gasteiger charge is -2.43. The molecule has 0 bridgehead atoms. The van der Waals surface area contributed by atoms with Crippen LogP contribution in [0.3, 0.4) is 0 Å². The van der Waals surface area contributed by atoms with Crippen LogP contribution < -0.4 is 5.73 Å². The third kappa shape index (κ3) is 2.87. The maximum absolute atomic E-state index is 6.51. The van der Waals surface area contributed by atoms with Crippen LogP contribution >= 0.6 is 11.6 Å². The highest BCUT2D eigenvalue weighted by Crippen LogP contribution is 2.38. The monoisotopic (exact) mass is 299 g/mol. The molecule has 1 saturated carbocycles. The van der Waals surface area contributed by atoms with Gasteiger partial charge in [0.2, 0.25) is 0 Å². The standard InChI is InChI=1S/C15H26ClN3O/c1-10-6-5-7-15(9-10,20-4)13(17)8-12-14(16)11(2)18-19(12)3/h10,13H,5-9,17H2,1-4H3. The molecule has 1 fully saturated rings. The van der Waals surface area contributed by atoms with Crippen molar-refractivity contribution in [3.8, 4) is 0 Å². The van der Waals surface area contributed by atoms with Gasteiger partial charge in [-0.2, -0.15) is 5.10 Å². The van der Waals surface area contributed by atoms with Crippen LogP contribution in [0.1, 0.15) is 44.0 Å². The van der Waals surface area contributed by atoms with Gasteiger partial charge in [-0.25, -0.2) is 0 Å². The molecule has 1 aliphatic rings. The molecule has 1 aromatic heterocycles. The highest BCUT2D eigenvalue weighted by Gasteiger charge is 2.41. The Balaban J connectivity index is 2.19. The normalized spacial score (nSPS) is 28.6. The number of nitrogens with zero attached hydrogens (tertiary/aromatic N) is 2. The maximum Gasteiger partial charge on any atom is 0.0847 e. The molecule has 1 heterocycles. The Labute approximate surface area is 126 Å². The molecule has 3 atom stereocenters. The van der Waals surface area contributed by atoms with E-state index in [9.17, 15) is 0 Å². The number of hydrogen-bond donors (Lipinski definition) is 1. The molecule has 3 unspecified atom stereocenters. The molecule has 1 aliphatic carbocycles. The maximum atomic E-state index is 6.51. The van der Waals surface area contributed by atoms with Crippen LogP contribution in [0, 0.1) is 12.8 Å². The molecule has 2 N–H and O–H groups in total. The van der Waals surface area contributed by atoms with Crippen LogP contribution in [0.15, 0.2) is 0 Å². The summed E-state index contributed by atoms with van der Waals surface area (Å²) in [6.07, 6.45) is 5.21. The van der Waals surface area contributed by atoms with E-state index in [1.165, 1.54) is 12.8 Å². The average Bonchev–Trinajstić information content (AvgIpc) is 2.65. The fourth-order valence-electron chi connectivity index (χ4n) is 3.51. The number of methoxy groups -OCH3 is 1. The van der Waals surface area contributed by atoms with E-state index in [2.05, 4.69) is 12.0 Å². The zero-order chi connectivity index (χ0) is 14.9. The molecule has 2 rings (SSSR count). The summed E-state index contributed by atoms with van der Waals surface area (Å²) in [5, 5.41) is 5.09. The summed E-state index contributed by atoms with van der Waals surface area (Å²) in [6, 6.07) is -0.0532. The van der Waals surface area contributed by atoms with E-state index in [1.54, 1.807) is 7.11 Å². The summed E-state index contributed by atoms with van der Waals surface area (Å²) in [4.78, 5) is 0. The highest BCUT2D eigenvalue weighted by molar-refractivity contribution is 6.31. The van der Waals surface area contributed by atoms with Gasteiger partial charge in [0.25, 0.3) is 0 Å². The Bertz CT molecular complexity index is 474. The van der Waals surface area contributed by atoms with E-state index in [1.807, 2.05) is 18.7 Å². The quantitative estimate of drug-likeness (QED) is 0.930. The van der Waals surface area contributed by atoms with Crippen molar-refractivity contribution in [3.05, 3.63) is 16.4 Å². The summed E-state index contributed by atoms with van der Waals surface area (Å²) in [5.74, 6) is 0.665. The number of hydrogen-bond acceptors (Lipinski definition) is 3. The summed E-state index contributed by atoms with van der Waals surface area (Å²) in [6.45, 7) is 4.20. The van der Waals surface area contributed by atoms with Gasteiger partial charge in [-0.15, -0.1) is 0 Å². The van der Waals surface area contributed by atoms with Crippen LogP contribution in [0.4, 0.5) is 0 Å². The fourth-order valence-corrected chi connectivity index (χ4v) is 3.75. The van der Waals surface area contributed by atoms with E-state index in [0.29, 0.717) is 12.3 Å². The molecule has 0 spiro atoms. The van der Waals surface area contributed by atoms with Crippen LogP contribution in [-0.2, 0) is 18.2 Å². The first-order chi connectivity index (χ1) is 9.39. The van der Waals surface area contributed by atoms with Gasteiger partial charge in [0.15, 0.2) is 0 Å². The predicted molar refractivity (Wildman–Crippen MR) is 82.0 cm³/mol. The van der Waals surface area contributed by atoms with Gasteiger partial charge in [0.1, 0.15) is 0 Å². The topological polar surface area (TPSA) is 53.1 Å². The van der Waals surface area contributed by atoms with Crippen molar-refractivity contribution in [2.45, 2.75) is 57.6 Å². The smallest absolute Gasteiger partial charge is 0.0847 e. The predicted octanol–water partition coefficient (Wildman–Crippen LogP) is 2.85. The molecule has 0 amide bonds. The first-order valence-corrected chi connectivity index (χ1v) is 7.76. The zero-order valence-corrected chi connectivity index (χ0v) is 13.7. The molecule has 1 aromatic rings. The average molecular weight is 300 g/mol. The number of nitrogens with two attached hydrogens (primary N) is 1. The second-order valence-electron chi connectivity index (χ2n) is 6.25. The van der Waals surface area contributed by atoms with Gasteiger partial charge in [-0.1, -0.05) is 31.4 Å². The third-order valence-corrected chi connectivity index (χ3v) is 5.24. The minimum atomic E-state index is -0.223. The number of aromatic nitrogens is 2. The van der Waals surface area contributed by atoms with Crippen LogP contribution in [0.25, 0.3) is 0 Å². The van der Waals surface area contributed by atoms with Crippen molar-refractivity contribution in [3.63, 3.8) is 0 Å². The van der Waals surface area contributed by atoms with E-state index >= 15 is 0 Å². The van der Waals surface area contributed by atoms with Crippen molar-refractivity contribution in [1.29, 1.82) is 0 Å². The zero-order valence-electron chi connectivity index (χ0n) is 12.9. The van der Waals surface area contributed by atoms with Crippen molar-refractivity contribution in [1.82, 2.24) is 9.78 Å². The number of aryl methyl sites for hydroxylation is 2. The number of rotatable bonds is 4. The number of ether oxygens (including phenoxy) is 1. The lowest BCUT2D eigenvalue weighted by molar-refractivity contribution is -0.0708. The first kappa shape index (κ1) is 15.8. The SMILES string of the molecule is COC1(C(N)Cc2c(Cl)c(C)nn2C)CCCC(C)C1. The third-order valence-electron chi connectivity index (χ3n) is 4.75. The van der Waals surface area contributed by atoms with Gasteiger partial charge in [-0.3, -0.25) is 4.68 Å². The molecule has 0 saturated heterocycles. The van der Waals surface area contributed by atoms with Crippen molar-refractivity contribution < 1.29 is 4.74 Å². The van der Waals surface area contributed by atoms with Gasteiger partial charge in [0, 0.05) is 26.6 Å². The Hall–Kier alpha value is -0.580. The van der Waals surface area contributed by atoms with Gasteiger partial charge < -0.3 is 10.5 Å². The van der Waals surface area contributed by atoms with Gasteiger partial charge >= 0.3 is 0 Å². The minimum Gasteiger partial charge on any atom is -0.377 e. The van der Waals surface area contributed by atoms with Crippen LogP contribution in [0.5, 0.6) is 0 Å². The lowest BCUT2D eigenvalue weighted by Crippen LogP contribution is -2.53. The van der Waals surface area contributed by atoms with Crippen LogP contribution in [0.2, 0.25) is 5.02 Å². The first-order valence-electron chi connectivity index (χ1n) is 7.38. The van der Waals surface area contributed by atoms with Crippen molar-refractivity contribution in [2.24, 2.45) is 18.7 Å². The molecule has 0 aromatic carbocycles. The summed E-state index contributed by atoms with van der Waals surface area (Å²) in [5.41, 5.74) is 8.15. The summed E-state index contributed by atoms with van der Waals surface area (Å²) >= 11 is 6.33. The Morgan fingerprint density at radius 2 is 2.30 bits per heavy atom. The van der Waals surface area contributed by atoms with Crippen molar-refractivity contribution in [2.75, 3.05) is 7.11 Å². The van der Waals surface area contributed by atoms with E-state index in [0.717, 1.165) is 29.3 Å². The number of halogens is 1. The largest absolute Gasteiger partial charge is 0.377 e. The molecule has 5 heteroatoms. The molecule has 20 heavy (non-hydrogen) atoms. The molecule has 0 aliphatic heterocycles. The summed E-state index contributed by atoms with van der Waals surface area (Å²) in [7, 11) is 3.71. The molecule has 4 nitrogen and oxygen atoms in total.